The van der Waals surface area contributed by atoms with Crippen LogP contribution >= 0.6 is 0 Å². The van der Waals surface area contributed by atoms with E-state index in [2.05, 4.69) is 172 Å². The van der Waals surface area contributed by atoms with Gasteiger partial charge in [-0.2, -0.15) is 0 Å². The van der Waals surface area contributed by atoms with Crippen LogP contribution in [0.4, 0.5) is 11.4 Å². The van der Waals surface area contributed by atoms with E-state index in [1.54, 1.807) is 0 Å². The summed E-state index contributed by atoms with van der Waals surface area (Å²) in [6, 6.07) is 89.7. The minimum Gasteiger partial charge on any atom is -0.333 e. The third-order valence-corrected chi connectivity index (χ3v) is 16.1. The average molecular weight is 1090 g/mol. The molecular formula is C74H49N11. The second-order valence-electron chi connectivity index (χ2n) is 21.2. The van der Waals surface area contributed by atoms with Crippen LogP contribution in [0.3, 0.4) is 0 Å². The molecule has 0 fully saturated rings. The maximum atomic E-state index is 5.17. The fourth-order valence-electron chi connectivity index (χ4n) is 12.2. The van der Waals surface area contributed by atoms with Gasteiger partial charge >= 0.3 is 0 Å². The average Bonchev–Trinajstić information content (AvgIpc) is 2.31. The summed E-state index contributed by atoms with van der Waals surface area (Å²) < 4.78 is 4.55. The Morgan fingerprint density at radius 2 is 0.741 bits per heavy atom. The third-order valence-electron chi connectivity index (χ3n) is 16.1. The lowest BCUT2D eigenvalue weighted by molar-refractivity contribution is 0.745. The van der Waals surface area contributed by atoms with Crippen LogP contribution in [0.1, 0.15) is 11.5 Å². The van der Waals surface area contributed by atoms with Crippen LogP contribution in [0.15, 0.2) is 285 Å². The summed E-state index contributed by atoms with van der Waals surface area (Å²) in [6.45, 7) is 0. The molecule has 11 nitrogen and oxygen atoms in total. The van der Waals surface area contributed by atoms with Gasteiger partial charge in [-0.1, -0.05) is 218 Å². The number of aromatic nitrogens is 10. The molecule has 0 saturated heterocycles. The summed E-state index contributed by atoms with van der Waals surface area (Å²) in [7, 11) is 0. The standard InChI is InChI=1S/C74H49N11/c1-6-23-48(24-7-1)67-75-68(49-25-8-2-9-26-49)78-71(77-67)52-31-20-35-56(45-52)83-62-40-18-16-37-58(62)61-47-54(43-44-64(61)83)73-81-82-74(85(73)55-33-14-5-15-34-55)60-39-22-42-65-66(60)59-38-17-19-41-63(59)84(65)57-36-21-32-53(46-57)72-79-69(50-27-10-3-11-28-50)76-70(80-72)51-29-12-4-13-30-51/h1-47,59,63H. The van der Waals surface area contributed by atoms with E-state index in [4.69, 9.17) is 40.1 Å². The summed E-state index contributed by atoms with van der Waals surface area (Å²) in [5, 5.41) is 12.5. The normalized spacial score (nSPS) is 14.2. The van der Waals surface area contributed by atoms with Crippen LogP contribution in [0.5, 0.6) is 0 Å². The maximum absolute atomic E-state index is 5.17. The number of allylic oxidation sites excluding steroid dienone is 2. The van der Waals surface area contributed by atoms with E-state index in [1.165, 1.54) is 5.56 Å². The first-order valence-corrected chi connectivity index (χ1v) is 28.4. The number of rotatable bonds is 11. The Kier molecular flexibility index (Phi) is 12.0. The summed E-state index contributed by atoms with van der Waals surface area (Å²) >= 11 is 0. The quantitative estimate of drug-likeness (QED) is 0.125. The second kappa shape index (κ2) is 20.8. The lowest BCUT2D eigenvalue weighted by atomic mass is 9.88. The van der Waals surface area contributed by atoms with Gasteiger partial charge in [0.2, 0.25) is 0 Å². The van der Waals surface area contributed by atoms with Crippen molar-refractivity contribution in [2.45, 2.75) is 12.0 Å². The number of hydrogen-bond acceptors (Lipinski definition) is 9. The van der Waals surface area contributed by atoms with Gasteiger partial charge in [0.05, 0.1) is 17.1 Å². The lowest BCUT2D eigenvalue weighted by Gasteiger charge is -2.29. The van der Waals surface area contributed by atoms with E-state index in [-0.39, 0.29) is 12.0 Å². The Balaban J connectivity index is 0.801. The van der Waals surface area contributed by atoms with E-state index < -0.39 is 0 Å². The highest BCUT2D eigenvalue weighted by Gasteiger charge is 2.40. The fourth-order valence-corrected chi connectivity index (χ4v) is 12.2. The molecule has 5 heterocycles. The first-order chi connectivity index (χ1) is 42.1. The van der Waals surface area contributed by atoms with Gasteiger partial charge in [0.1, 0.15) is 0 Å². The Morgan fingerprint density at radius 1 is 0.294 bits per heavy atom. The van der Waals surface area contributed by atoms with Crippen molar-refractivity contribution in [1.29, 1.82) is 0 Å². The number of anilines is 2. The maximum Gasteiger partial charge on any atom is 0.169 e. The molecule has 11 heteroatoms. The number of fused-ring (bicyclic) bond motifs is 6. The zero-order chi connectivity index (χ0) is 56.2. The molecule has 400 valence electrons. The molecule has 2 atom stereocenters. The van der Waals surface area contributed by atoms with Crippen molar-refractivity contribution in [3.05, 3.63) is 291 Å². The molecular weight excluding hydrogens is 1040 g/mol. The summed E-state index contributed by atoms with van der Waals surface area (Å²) in [5.74, 6) is 5.18. The van der Waals surface area contributed by atoms with E-state index in [1.807, 2.05) is 127 Å². The number of hydrogen-bond donors (Lipinski definition) is 0. The molecule has 0 spiro atoms. The topological polar surface area (TPSA) is 116 Å². The Bertz CT molecular complexity index is 4790. The van der Waals surface area contributed by atoms with Crippen molar-refractivity contribution < 1.29 is 0 Å². The number of para-hydroxylation sites is 2. The highest BCUT2D eigenvalue weighted by Crippen LogP contribution is 2.52. The van der Waals surface area contributed by atoms with Crippen LogP contribution < -0.4 is 4.90 Å². The predicted octanol–water partition coefficient (Wildman–Crippen LogP) is 16.8. The van der Waals surface area contributed by atoms with E-state index >= 15 is 0 Å². The number of nitrogens with zero attached hydrogens (tertiary/aromatic N) is 11. The van der Waals surface area contributed by atoms with Crippen molar-refractivity contribution in [3.8, 4) is 102 Å². The molecule has 16 rings (SSSR count). The second-order valence-corrected chi connectivity index (χ2v) is 21.2. The highest BCUT2D eigenvalue weighted by atomic mass is 15.3. The van der Waals surface area contributed by atoms with Gasteiger partial charge < -0.3 is 9.47 Å². The molecule has 14 aromatic rings. The minimum atomic E-state index is -0.0155. The summed E-state index contributed by atoms with van der Waals surface area (Å²) in [6.07, 6.45) is 8.94. The molecule has 2 aliphatic rings. The first-order valence-electron chi connectivity index (χ1n) is 28.4. The fraction of sp³-hybridized carbons (Fsp3) is 0.0270. The molecule has 1 aliphatic heterocycles. The lowest BCUT2D eigenvalue weighted by Crippen LogP contribution is -2.28. The Hall–Kier alpha value is -11.6. The molecule has 4 aromatic heterocycles. The van der Waals surface area contributed by atoms with Crippen molar-refractivity contribution in [2.24, 2.45) is 0 Å². The van der Waals surface area contributed by atoms with Crippen LogP contribution in [0, 0.1) is 0 Å². The Labute approximate surface area is 490 Å². The van der Waals surface area contributed by atoms with Gasteiger partial charge in [-0.05, 0) is 72.3 Å². The van der Waals surface area contributed by atoms with Gasteiger partial charge in [0.25, 0.3) is 0 Å². The molecule has 10 aromatic carbocycles. The number of benzene rings is 10. The van der Waals surface area contributed by atoms with Gasteiger partial charge in [-0.15, -0.1) is 10.2 Å². The molecule has 0 saturated carbocycles. The smallest absolute Gasteiger partial charge is 0.169 e. The van der Waals surface area contributed by atoms with Crippen LogP contribution in [0.25, 0.3) is 124 Å². The van der Waals surface area contributed by atoms with Gasteiger partial charge in [0, 0.05) is 83.9 Å². The SMILES string of the molecule is C1=CC2c3c(-c4nnc(-c5ccc6c(c5)c5ccccc5n6-c5cccc(-c6nc(-c7ccccc7)nc(-c7ccccc7)n6)c5)n4-c4ccccc4)cccc3N(c3cccc(-c4nc(-c5ccccc5)nc(-c5ccccc5)n4)c3)C2C=C1. The van der Waals surface area contributed by atoms with Crippen LogP contribution in [0.2, 0.25) is 0 Å². The largest absolute Gasteiger partial charge is 0.333 e. The highest BCUT2D eigenvalue weighted by molar-refractivity contribution is 6.10. The summed E-state index contributed by atoms with van der Waals surface area (Å²) in [4.78, 5) is 32.7. The molecule has 2 unspecified atom stereocenters. The molecule has 0 amide bonds. The third kappa shape index (κ3) is 8.77. The zero-order valence-corrected chi connectivity index (χ0v) is 45.7. The van der Waals surface area contributed by atoms with Crippen LogP contribution in [-0.4, -0.2) is 55.3 Å². The van der Waals surface area contributed by atoms with Gasteiger partial charge in [-0.25, -0.2) is 29.9 Å². The van der Waals surface area contributed by atoms with E-state index in [9.17, 15) is 0 Å². The first kappa shape index (κ1) is 49.3. The molecule has 1 aliphatic carbocycles. The summed E-state index contributed by atoms with van der Waals surface area (Å²) in [5.41, 5.74) is 14.8. The van der Waals surface area contributed by atoms with Crippen molar-refractivity contribution >= 4 is 33.2 Å². The van der Waals surface area contributed by atoms with Crippen molar-refractivity contribution in [1.82, 2.24) is 49.2 Å². The zero-order valence-electron chi connectivity index (χ0n) is 45.7. The van der Waals surface area contributed by atoms with Crippen molar-refractivity contribution in [3.63, 3.8) is 0 Å². The van der Waals surface area contributed by atoms with Gasteiger partial charge in [0.15, 0.2) is 46.6 Å². The van der Waals surface area contributed by atoms with E-state index in [0.29, 0.717) is 34.9 Å². The molecule has 0 bridgehead atoms. The van der Waals surface area contributed by atoms with E-state index in [0.717, 1.165) is 101 Å². The predicted molar refractivity (Wildman–Crippen MR) is 339 cm³/mol. The minimum absolute atomic E-state index is 0.0127. The molecule has 0 radical (unpaired) electrons. The Morgan fingerprint density at radius 3 is 1.33 bits per heavy atom. The molecule has 85 heavy (non-hydrogen) atoms. The molecule has 0 N–H and O–H groups in total. The van der Waals surface area contributed by atoms with Crippen molar-refractivity contribution in [2.75, 3.05) is 4.90 Å². The van der Waals surface area contributed by atoms with Gasteiger partial charge in [-0.3, -0.25) is 4.57 Å². The monoisotopic (exact) mass is 1090 g/mol. The van der Waals surface area contributed by atoms with Crippen LogP contribution in [-0.2, 0) is 0 Å².